The molecule has 104 valence electrons. The summed E-state index contributed by atoms with van der Waals surface area (Å²) in [5.41, 5.74) is 3.19. The minimum absolute atomic E-state index is 0.417. The summed E-state index contributed by atoms with van der Waals surface area (Å²) in [6.45, 7) is 14.9. The molecule has 0 aromatic carbocycles. The van der Waals surface area contributed by atoms with Crippen molar-refractivity contribution in [1.29, 1.82) is 0 Å². The number of nitrogens with one attached hydrogen (secondary N) is 1. The second-order valence-corrected chi connectivity index (χ2v) is 3.72. The molecule has 1 aromatic heterocycles. The third-order valence-electron chi connectivity index (χ3n) is 2.39. The van der Waals surface area contributed by atoms with Crippen LogP contribution in [0.25, 0.3) is 0 Å². The van der Waals surface area contributed by atoms with Crippen molar-refractivity contribution < 1.29 is 4.52 Å². The zero-order chi connectivity index (χ0) is 14.1. The summed E-state index contributed by atoms with van der Waals surface area (Å²) >= 11 is 0. The van der Waals surface area contributed by atoms with Gasteiger partial charge in [-0.3, -0.25) is 4.99 Å². The first-order valence-electron chi connectivity index (χ1n) is 7.01. The lowest BCUT2D eigenvalue weighted by molar-refractivity contribution is 0.424. The van der Waals surface area contributed by atoms with Crippen molar-refractivity contribution in [2.75, 3.05) is 12.0 Å². The molecule has 0 aliphatic carbocycles. The van der Waals surface area contributed by atoms with Gasteiger partial charge in [0.25, 0.3) is 0 Å². The fourth-order valence-electron chi connectivity index (χ4n) is 1.70. The van der Waals surface area contributed by atoms with E-state index in [9.17, 15) is 0 Å². The maximum atomic E-state index is 5.22. The minimum atomic E-state index is 0.417. The highest BCUT2D eigenvalue weighted by Gasteiger charge is 2.24. The van der Waals surface area contributed by atoms with E-state index in [-0.39, 0.29) is 0 Å². The molecule has 0 amide bonds. The van der Waals surface area contributed by atoms with Gasteiger partial charge in [0.15, 0.2) is 0 Å². The van der Waals surface area contributed by atoms with Crippen LogP contribution in [-0.2, 0) is 6.42 Å². The minimum Gasteiger partial charge on any atom is -0.338 e. The molecule has 1 aliphatic heterocycles. The molecule has 2 heterocycles. The highest BCUT2D eigenvalue weighted by atomic mass is 16.5. The van der Waals surface area contributed by atoms with E-state index in [1.165, 1.54) is 0 Å². The van der Waals surface area contributed by atoms with Gasteiger partial charge in [-0.05, 0) is 12.3 Å². The van der Waals surface area contributed by atoms with Crippen LogP contribution in [0.3, 0.4) is 0 Å². The van der Waals surface area contributed by atoms with Gasteiger partial charge < -0.3 is 9.84 Å². The number of anilines is 1. The normalized spacial score (nSPS) is 12.3. The maximum Gasteiger partial charge on any atom is 0.235 e. The van der Waals surface area contributed by atoms with Gasteiger partial charge in [-0.2, -0.15) is 0 Å². The predicted molar refractivity (Wildman–Crippen MR) is 78.4 cm³/mol. The molecule has 1 aromatic rings. The average molecular weight is 253 g/mol. The number of rotatable bonds is 2. The Bertz CT molecular complexity index is 367. The summed E-state index contributed by atoms with van der Waals surface area (Å²) in [5.74, 6) is 1.20. The van der Waals surface area contributed by atoms with Crippen molar-refractivity contribution in [3.8, 4) is 0 Å². The Hall–Kier alpha value is -1.32. The predicted octanol–water partition coefficient (Wildman–Crippen LogP) is 4.12. The van der Waals surface area contributed by atoms with E-state index < -0.39 is 0 Å². The summed E-state index contributed by atoms with van der Waals surface area (Å²) < 4.78 is 5.22. The quantitative estimate of drug-likeness (QED) is 0.862. The molecule has 0 atom stereocenters. The van der Waals surface area contributed by atoms with Crippen molar-refractivity contribution >= 4 is 11.6 Å². The molecule has 18 heavy (non-hydrogen) atoms. The highest BCUT2D eigenvalue weighted by molar-refractivity contribution is 6.07. The molecule has 2 rings (SSSR count). The van der Waals surface area contributed by atoms with Crippen LogP contribution in [0.15, 0.2) is 9.52 Å². The van der Waals surface area contributed by atoms with E-state index in [4.69, 9.17) is 4.52 Å². The maximum absolute atomic E-state index is 5.22. The average Bonchev–Trinajstić information content (AvgIpc) is 2.86. The number of aryl methyl sites for hydroxylation is 1. The molecule has 0 saturated carbocycles. The Kier molecular flexibility index (Phi) is 8.08. The van der Waals surface area contributed by atoms with E-state index >= 15 is 0 Å². The molecule has 0 bridgehead atoms. The first-order valence-corrected chi connectivity index (χ1v) is 7.01. The van der Waals surface area contributed by atoms with E-state index in [1.807, 2.05) is 27.7 Å². The number of nitrogens with zero attached hydrogens (tertiary/aromatic N) is 2. The van der Waals surface area contributed by atoms with Crippen LogP contribution < -0.4 is 5.32 Å². The van der Waals surface area contributed by atoms with Crippen LogP contribution in [0.2, 0.25) is 0 Å². The molecule has 1 N–H and O–H groups in total. The SMILES string of the molecule is CC.CC.CCc1noc2c1C(C(C)C)=NCN2. The zero-order valence-electron chi connectivity index (χ0n) is 12.8. The first kappa shape index (κ1) is 16.7. The summed E-state index contributed by atoms with van der Waals surface area (Å²) in [5, 5.41) is 7.12. The number of fused-ring (bicyclic) bond motifs is 1. The first-order chi connectivity index (χ1) is 8.74. The van der Waals surface area contributed by atoms with Crippen LogP contribution in [0.5, 0.6) is 0 Å². The van der Waals surface area contributed by atoms with Crippen molar-refractivity contribution in [3.63, 3.8) is 0 Å². The van der Waals surface area contributed by atoms with E-state index in [0.29, 0.717) is 12.6 Å². The lowest BCUT2D eigenvalue weighted by atomic mass is 9.98. The number of aromatic nitrogens is 1. The molecule has 0 saturated heterocycles. The van der Waals surface area contributed by atoms with Crippen molar-refractivity contribution in [1.82, 2.24) is 5.16 Å². The molecule has 4 heteroatoms. The fourth-order valence-corrected chi connectivity index (χ4v) is 1.70. The lowest BCUT2D eigenvalue weighted by Gasteiger charge is -2.16. The summed E-state index contributed by atoms with van der Waals surface area (Å²) in [6, 6.07) is 0. The molecule has 0 radical (unpaired) electrons. The van der Waals surface area contributed by atoms with Crippen molar-refractivity contribution in [3.05, 3.63) is 11.3 Å². The standard InChI is InChI=1S/C10H15N3O.2C2H6/c1-4-7-8-9(6(2)3)11-5-12-10(8)14-13-7;2*1-2/h6,12H,4-5H2,1-3H3;2*1-2H3. The van der Waals surface area contributed by atoms with Crippen molar-refractivity contribution in [2.24, 2.45) is 10.9 Å². The lowest BCUT2D eigenvalue weighted by Crippen LogP contribution is -2.19. The van der Waals surface area contributed by atoms with Gasteiger partial charge in [0.2, 0.25) is 5.88 Å². The molecule has 0 fully saturated rings. The van der Waals surface area contributed by atoms with Gasteiger partial charge in [0.1, 0.15) is 6.67 Å². The van der Waals surface area contributed by atoms with Gasteiger partial charge in [0, 0.05) is 0 Å². The smallest absolute Gasteiger partial charge is 0.235 e. The molecule has 0 unspecified atom stereocenters. The van der Waals surface area contributed by atoms with E-state index in [2.05, 4.69) is 36.2 Å². The molecule has 0 spiro atoms. The van der Waals surface area contributed by atoms with E-state index in [0.717, 1.165) is 29.3 Å². The monoisotopic (exact) mass is 253 g/mol. The third kappa shape index (κ3) is 3.59. The molecular formula is C14H27N3O. The largest absolute Gasteiger partial charge is 0.338 e. The van der Waals surface area contributed by atoms with Gasteiger partial charge in [0.05, 0.1) is 17.0 Å². The van der Waals surface area contributed by atoms with Gasteiger partial charge in [-0.15, -0.1) is 0 Å². The number of hydrogen-bond donors (Lipinski definition) is 1. The summed E-state index contributed by atoms with van der Waals surface area (Å²) in [7, 11) is 0. The summed E-state index contributed by atoms with van der Waals surface area (Å²) in [4.78, 5) is 4.46. The number of aliphatic imine (C=N–C) groups is 1. The van der Waals surface area contributed by atoms with Crippen molar-refractivity contribution in [2.45, 2.75) is 54.9 Å². The van der Waals surface area contributed by atoms with Crippen LogP contribution in [0, 0.1) is 5.92 Å². The van der Waals surface area contributed by atoms with Gasteiger partial charge in [-0.1, -0.05) is 53.6 Å². The van der Waals surface area contributed by atoms with Crippen LogP contribution in [0.1, 0.15) is 59.7 Å². The Morgan fingerprint density at radius 2 is 1.83 bits per heavy atom. The fraction of sp³-hybridized carbons (Fsp3) is 0.714. The van der Waals surface area contributed by atoms with Crippen LogP contribution >= 0.6 is 0 Å². The highest BCUT2D eigenvalue weighted by Crippen LogP contribution is 2.26. The zero-order valence-corrected chi connectivity index (χ0v) is 12.8. The van der Waals surface area contributed by atoms with Crippen LogP contribution in [0.4, 0.5) is 5.88 Å². The second-order valence-electron chi connectivity index (χ2n) is 3.72. The topological polar surface area (TPSA) is 50.4 Å². The Morgan fingerprint density at radius 3 is 2.33 bits per heavy atom. The van der Waals surface area contributed by atoms with Gasteiger partial charge in [-0.25, -0.2) is 0 Å². The Morgan fingerprint density at radius 1 is 1.22 bits per heavy atom. The molecular weight excluding hydrogens is 226 g/mol. The van der Waals surface area contributed by atoms with Gasteiger partial charge >= 0.3 is 0 Å². The second kappa shape index (κ2) is 8.72. The molecule has 4 nitrogen and oxygen atoms in total. The summed E-state index contributed by atoms with van der Waals surface area (Å²) in [6.07, 6.45) is 0.881. The van der Waals surface area contributed by atoms with E-state index in [1.54, 1.807) is 0 Å². The Balaban J connectivity index is 0.000000659. The molecule has 1 aliphatic rings. The Labute approximate surface area is 111 Å². The number of hydrogen-bond acceptors (Lipinski definition) is 4. The third-order valence-corrected chi connectivity index (χ3v) is 2.39. The van der Waals surface area contributed by atoms with Crippen LogP contribution in [-0.4, -0.2) is 17.5 Å².